The lowest BCUT2D eigenvalue weighted by molar-refractivity contribution is 0.628. The zero-order valence-corrected chi connectivity index (χ0v) is 13.2. The monoisotopic (exact) mass is 298 g/mol. The van der Waals surface area contributed by atoms with Crippen molar-refractivity contribution in [2.45, 2.75) is 20.3 Å². The Morgan fingerprint density at radius 2 is 1.90 bits per heavy atom. The SMILES string of the molecule is C=C/C(Cc1ccc(-c2ccc(F)cc2)s1)=C(C)\C=C/C. The van der Waals surface area contributed by atoms with E-state index in [1.165, 1.54) is 28.2 Å². The number of halogens is 1. The van der Waals surface area contributed by atoms with Crippen molar-refractivity contribution >= 4 is 11.3 Å². The zero-order valence-electron chi connectivity index (χ0n) is 12.4. The average molecular weight is 298 g/mol. The van der Waals surface area contributed by atoms with Gasteiger partial charge in [0.25, 0.3) is 0 Å². The molecular formula is C19H19FS. The van der Waals surface area contributed by atoms with Crippen LogP contribution >= 0.6 is 11.3 Å². The van der Waals surface area contributed by atoms with Gasteiger partial charge in [0.2, 0.25) is 0 Å². The second-order valence-electron chi connectivity index (χ2n) is 4.86. The minimum atomic E-state index is -0.200. The maximum Gasteiger partial charge on any atom is 0.123 e. The molecule has 0 radical (unpaired) electrons. The molecule has 2 heteroatoms. The fraction of sp³-hybridized carbons (Fsp3) is 0.158. The van der Waals surface area contributed by atoms with Crippen LogP contribution in [0.5, 0.6) is 0 Å². The summed E-state index contributed by atoms with van der Waals surface area (Å²) in [6.07, 6.45) is 6.95. The molecule has 2 aromatic rings. The lowest BCUT2D eigenvalue weighted by Gasteiger charge is -2.03. The van der Waals surface area contributed by atoms with Gasteiger partial charge in [-0.3, -0.25) is 0 Å². The molecule has 108 valence electrons. The minimum Gasteiger partial charge on any atom is -0.207 e. The van der Waals surface area contributed by atoms with Gasteiger partial charge >= 0.3 is 0 Å². The maximum absolute atomic E-state index is 13.0. The van der Waals surface area contributed by atoms with E-state index in [1.54, 1.807) is 11.3 Å². The van der Waals surface area contributed by atoms with Gasteiger partial charge in [0, 0.05) is 16.2 Å². The molecule has 21 heavy (non-hydrogen) atoms. The van der Waals surface area contributed by atoms with E-state index < -0.39 is 0 Å². The molecule has 1 heterocycles. The standard InChI is InChI=1S/C19H19FS/c1-4-6-14(3)15(5-2)13-18-11-12-19(21-18)16-7-9-17(20)10-8-16/h4-12H,2,13H2,1,3H3/b6-4-,15-14+. The zero-order chi connectivity index (χ0) is 15.2. The summed E-state index contributed by atoms with van der Waals surface area (Å²) in [5.41, 5.74) is 3.53. The van der Waals surface area contributed by atoms with Crippen molar-refractivity contribution < 1.29 is 4.39 Å². The first-order valence-corrected chi connectivity index (χ1v) is 7.75. The minimum absolute atomic E-state index is 0.200. The van der Waals surface area contributed by atoms with Crippen LogP contribution in [-0.4, -0.2) is 0 Å². The van der Waals surface area contributed by atoms with E-state index in [9.17, 15) is 4.39 Å². The van der Waals surface area contributed by atoms with Gasteiger partial charge in [-0.05, 0) is 54.8 Å². The van der Waals surface area contributed by atoms with Gasteiger partial charge in [-0.2, -0.15) is 0 Å². The van der Waals surface area contributed by atoms with Crippen LogP contribution in [-0.2, 0) is 6.42 Å². The molecule has 0 nitrogen and oxygen atoms in total. The van der Waals surface area contributed by atoms with Gasteiger partial charge in [0.1, 0.15) is 5.82 Å². The van der Waals surface area contributed by atoms with Gasteiger partial charge in [-0.25, -0.2) is 4.39 Å². The molecule has 1 aromatic carbocycles. The lowest BCUT2D eigenvalue weighted by atomic mass is 10.1. The molecule has 0 bridgehead atoms. The summed E-state index contributed by atoms with van der Waals surface area (Å²) in [4.78, 5) is 2.45. The highest BCUT2D eigenvalue weighted by Crippen LogP contribution is 2.30. The van der Waals surface area contributed by atoms with Gasteiger partial charge in [0.15, 0.2) is 0 Å². The molecule has 0 saturated heterocycles. The van der Waals surface area contributed by atoms with Crippen LogP contribution in [0.4, 0.5) is 4.39 Å². The number of hydrogen-bond donors (Lipinski definition) is 0. The summed E-state index contributed by atoms with van der Waals surface area (Å²) in [5.74, 6) is -0.200. The summed E-state index contributed by atoms with van der Waals surface area (Å²) >= 11 is 1.74. The summed E-state index contributed by atoms with van der Waals surface area (Å²) in [7, 11) is 0. The van der Waals surface area contributed by atoms with Gasteiger partial charge in [0.05, 0.1) is 0 Å². The molecule has 0 spiro atoms. The smallest absolute Gasteiger partial charge is 0.123 e. The quantitative estimate of drug-likeness (QED) is 0.579. The fourth-order valence-electron chi connectivity index (χ4n) is 2.16. The lowest BCUT2D eigenvalue weighted by Crippen LogP contribution is -1.87. The van der Waals surface area contributed by atoms with Crippen molar-refractivity contribution in [3.63, 3.8) is 0 Å². The number of benzene rings is 1. The third kappa shape index (κ3) is 4.02. The van der Waals surface area contributed by atoms with E-state index in [0.29, 0.717) is 0 Å². The Bertz CT molecular complexity index is 672. The normalized spacial score (nSPS) is 12.5. The Morgan fingerprint density at radius 1 is 1.19 bits per heavy atom. The van der Waals surface area contributed by atoms with Crippen LogP contribution in [0.1, 0.15) is 18.7 Å². The van der Waals surface area contributed by atoms with Crippen molar-refractivity contribution in [2.75, 3.05) is 0 Å². The highest BCUT2D eigenvalue weighted by Gasteiger charge is 2.05. The molecule has 0 N–H and O–H groups in total. The van der Waals surface area contributed by atoms with Crippen LogP contribution in [0.25, 0.3) is 10.4 Å². The Hall–Kier alpha value is -1.93. The molecule has 0 fully saturated rings. The van der Waals surface area contributed by atoms with Gasteiger partial charge in [-0.1, -0.05) is 36.9 Å². The highest BCUT2D eigenvalue weighted by molar-refractivity contribution is 7.15. The average Bonchev–Trinajstić information content (AvgIpc) is 2.94. The predicted molar refractivity (Wildman–Crippen MR) is 91.1 cm³/mol. The van der Waals surface area contributed by atoms with E-state index in [2.05, 4.69) is 31.7 Å². The molecule has 0 saturated carbocycles. The van der Waals surface area contributed by atoms with Crippen LogP contribution in [0.15, 0.2) is 72.4 Å². The van der Waals surface area contributed by atoms with Crippen molar-refractivity contribution in [3.8, 4) is 10.4 Å². The first-order valence-electron chi connectivity index (χ1n) is 6.93. The maximum atomic E-state index is 13.0. The summed E-state index contributed by atoms with van der Waals surface area (Å²) in [6, 6.07) is 10.9. The van der Waals surface area contributed by atoms with Crippen molar-refractivity contribution in [2.24, 2.45) is 0 Å². The van der Waals surface area contributed by atoms with Gasteiger partial charge < -0.3 is 0 Å². The van der Waals surface area contributed by atoms with Crippen molar-refractivity contribution in [3.05, 3.63) is 83.0 Å². The van der Waals surface area contributed by atoms with E-state index >= 15 is 0 Å². The highest BCUT2D eigenvalue weighted by atomic mass is 32.1. The van der Waals surface area contributed by atoms with E-state index in [-0.39, 0.29) is 5.82 Å². The number of allylic oxidation sites excluding steroid dienone is 5. The number of hydrogen-bond acceptors (Lipinski definition) is 1. The van der Waals surface area contributed by atoms with Gasteiger partial charge in [-0.15, -0.1) is 11.3 Å². The second-order valence-corrected chi connectivity index (χ2v) is 6.03. The summed E-state index contributed by atoms with van der Waals surface area (Å²) in [6.45, 7) is 8.02. The van der Waals surface area contributed by atoms with Crippen LogP contribution in [0.2, 0.25) is 0 Å². The van der Waals surface area contributed by atoms with Crippen LogP contribution in [0.3, 0.4) is 0 Å². The third-order valence-electron chi connectivity index (χ3n) is 3.32. The Morgan fingerprint density at radius 3 is 2.52 bits per heavy atom. The molecule has 0 aliphatic carbocycles. The molecule has 0 aliphatic heterocycles. The predicted octanol–water partition coefficient (Wildman–Crippen LogP) is 6.18. The molecule has 0 amide bonds. The van der Waals surface area contributed by atoms with Crippen LogP contribution < -0.4 is 0 Å². The largest absolute Gasteiger partial charge is 0.207 e. The Balaban J connectivity index is 2.22. The molecule has 0 aliphatic rings. The number of thiophene rings is 1. The molecular weight excluding hydrogens is 279 g/mol. The molecule has 1 aromatic heterocycles. The number of rotatable bonds is 5. The Labute approximate surface area is 130 Å². The van der Waals surface area contributed by atoms with Crippen molar-refractivity contribution in [1.29, 1.82) is 0 Å². The Kier molecular flexibility index (Phi) is 5.29. The fourth-order valence-corrected chi connectivity index (χ4v) is 3.20. The van der Waals surface area contributed by atoms with E-state index in [1.807, 2.05) is 31.2 Å². The molecule has 0 unspecified atom stereocenters. The topological polar surface area (TPSA) is 0 Å². The molecule has 2 rings (SSSR count). The first kappa shape index (κ1) is 15.5. The molecule has 0 atom stereocenters. The third-order valence-corrected chi connectivity index (χ3v) is 4.46. The van der Waals surface area contributed by atoms with E-state index in [4.69, 9.17) is 0 Å². The summed E-state index contributed by atoms with van der Waals surface area (Å²) in [5, 5.41) is 0. The van der Waals surface area contributed by atoms with Crippen LogP contribution in [0, 0.1) is 5.82 Å². The summed E-state index contributed by atoms with van der Waals surface area (Å²) < 4.78 is 13.0. The van der Waals surface area contributed by atoms with E-state index in [0.717, 1.165) is 16.9 Å². The first-order chi connectivity index (χ1) is 10.1. The van der Waals surface area contributed by atoms with Crippen molar-refractivity contribution in [1.82, 2.24) is 0 Å². The second kappa shape index (κ2) is 7.19.